The van der Waals surface area contributed by atoms with Crippen molar-refractivity contribution in [2.45, 2.75) is 13.5 Å². The summed E-state index contributed by atoms with van der Waals surface area (Å²) < 4.78 is 3.39. The summed E-state index contributed by atoms with van der Waals surface area (Å²) in [6.45, 7) is 1.47. The maximum absolute atomic E-state index is 11.1. The molecule has 0 atom stereocenters. The number of amides is 1. The van der Waals surface area contributed by atoms with E-state index >= 15 is 0 Å². The van der Waals surface area contributed by atoms with Gasteiger partial charge in [0.15, 0.2) is 5.65 Å². The van der Waals surface area contributed by atoms with Crippen LogP contribution in [0.2, 0.25) is 0 Å². The molecule has 0 saturated carbocycles. The molecule has 0 unspecified atom stereocenters. The summed E-state index contributed by atoms with van der Waals surface area (Å²) in [5.74, 6) is -0.0823. The minimum Gasteiger partial charge on any atom is -0.390 e. The Bertz CT molecular complexity index is 671. The minimum atomic E-state index is -0.587. The molecule has 0 aliphatic rings. The van der Waals surface area contributed by atoms with E-state index in [-0.39, 0.29) is 13.2 Å². The number of fused-ring (bicyclic) bond motifs is 1. The van der Waals surface area contributed by atoms with Crippen LogP contribution in [-0.4, -0.2) is 32.2 Å². The predicted molar refractivity (Wildman–Crippen MR) is 79.7 cm³/mol. The lowest BCUT2D eigenvalue weighted by molar-refractivity contribution is -0.127. The summed E-state index contributed by atoms with van der Waals surface area (Å²) in [6, 6.07) is 1.86. The number of carbonyl (C=O) groups is 1. The van der Waals surface area contributed by atoms with E-state index in [1.165, 1.54) is 5.48 Å². The highest BCUT2D eigenvalue weighted by atomic mass is 79.9. The van der Waals surface area contributed by atoms with E-state index in [0.29, 0.717) is 17.2 Å². The Morgan fingerprint density at radius 1 is 1.45 bits per heavy atom. The van der Waals surface area contributed by atoms with Crippen molar-refractivity contribution in [2.75, 3.05) is 11.9 Å². The van der Waals surface area contributed by atoms with Crippen LogP contribution in [0.25, 0.3) is 5.65 Å². The van der Waals surface area contributed by atoms with Crippen molar-refractivity contribution in [3.05, 3.63) is 26.4 Å². The van der Waals surface area contributed by atoms with Crippen molar-refractivity contribution < 1.29 is 15.1 Å². The largest absolute Gasteiger partial charge is 0.390 e. The lowest BCUT2D eigenvalue weighted by Gasteiger charge is -2.10. The van der Waals surface area contributed by atoms with Gasteiger partial charge in [-0.05, 0) is 44.8 Å². The number of nitrogens with zero attached hydrogens (tertiary/aromatic N) is 2. The van der Waals surface area contributed by atoms with Gasteiger partial charge in [-0.2, -0.15) is 0 Å². The number of aliphatic hydroxyl groups is 1. The topological polar surface area (TPSA) is 98.9 Å². The Kier molecular flexibility index (Phi) is 4.63. The van der Waals surface area contributed by atoms with E-state index in [4.69, 9.17) is 5.21 Å². The fourth-order valence-electron chi connectivity index (χ4n) is 1.83. The number of pyridine rings is 1. The fraction of sp³-hybridized carbons (Fsp3) is 0.273. The third-order valence-corrected chi connectivity index (χ3v) is 4.17. The number of aromatic nitrogens is 2. The zero-order valence-electron chi connectivity index (χ0n) is 10.4. The highest BCUT2D eigenvalue weighted by Crippen LogP contribution is 2.30. The molecule has 20 heavy (non-hydrogen) atoms. The molecule has 4 N–H and O–H groups in total. The van der Waals surface area contributed by atoms with Gasteiger partial charge in [-0.15, -0.1) is 0 Å². The quantitative estimate of drug-likeness (QED) is 0.455. The first-order valence-corrected chi connectivity index (χ1v) is 7.21. The van der Waals surface area contributed by atoms with Gasteiger partial charge in [0.05, 0.1) is 17.6 Å². The maximum atomic E-state index is 11.1. The van der Waals surface area contributed by atoms with Crippen LogP contribution >= 0.6 is 31.9 Å². The van der Waals surface area contributed by atoms with Crippen LogP contribution in [0.4, 0.5) is 5.82 Å². The normalized spacial score (nSPS) is 10.8. The van der Waals surface area contributed by atoms with Gasteiger partial charge < -0.3 is 10.4 Å². The van der Waals surface area contributed by atoms with Crippen molar-refractivity contribution in [1.82, 2.24) is 14.9 Å². The van der Waals surface area contributed by atoms with Crippen LogP contribution in [0.5, 0.6) is 0 Å². The van der Waals surface area contributed by atoms with E-state index < -0.39 is 5.91 Å². The van der Waals surface area contributed by atoms with E-state index in [9.17, 15) is 9.90 Å². The van der Waals surface area contributed by atoms with Crippen LogP contribution < -0.4 is 10.8 Å². The Labute approximate surface area is 131 Å². The average molecular weight is 408 g/mol. The second-order valence-electron chi connectivity index (χ2n) is 4.04. The molecule has 2 heterocycles. The Hall–Kier alpha value is -1.16. The van der Waals surface area contributed by atoms with Crippen molar-refractivity contribution in [2.24, 2.45) is 0 Å². The zero-order valence-corrected chi connectivity index (χ0v) is 13.6. The second-order valence-corrected chi connectivity index (χ2v) is 5.75. The van der Waals surface area contributed by atoms with Gasteiger partial charge >= 0.3 is 0 Å². The molecular weight excluding hydrogens is 396 g/mol. The average Bonchev–Trinajstić information content (AvgIpc) is 2.81. The molecule has 108 valence electrons. The number of aryl methyl sites for hydroxylation is 1. The number of carbonyl (C=O) groups excluding carboxylic acids is 1. The number of nitrogens with one attached hydrogen (secondary N) is 2. The summed E-state index contributed by atoms with van der Waals surface area (Å²) in [7, 11) is 0. The van der Waals surface area contributed by atoms with Gasteiger partial charge in [-0.1, -0.05) is 0 Å². The molecular formula is C11H12Br2N4O3. The predicted octanol–water partition coefficient (Wildman–Crippen LogP) is 1.58. The number of imidazole rings is 1. The highest BCUT2D eigenvalue weighted by Gasteiger charge is 2.17. The molecule has 0 fully saturated rings. The van der Waals surface area contributed by atoms with Gasteiger partial charge in [-0.3, -0.25) is 14.4 Å². The number of anilines is 1. The van der Waals surface area contributed by atoms with Gasteiger partial charge in [-0.25, -0.2) is 10.5 Å². The lowest BCUT2D eigenvalue weighted by atomic mass is 10.3. The maximum Gasteiger partial charge on any atom is 0.262 e. The number of rotatable bonds is 4. The van der Waals surface area contributed by atoms with Crippen molar-refractivity contribution in [3.63, 3.8) is 0 Å². The molecule has 2 aromatic heterocycles. The number of hydrogen-bond donors (Lipinski definition) is 4. The molecule has 9 heteroatoms. The van der Waals surface area contributed by atoms with Crippen molar-refractivity contribution >= 4 is 49.2 Å². The van der Waals surface area contributed by atoms with Gasteiger partial charge in [0.25, 0.3) is 5.91 Å². The third-order valence-electron chi connectivity index (χ3n) is 2.79. The smallest absolute Gasteiger partial charge is 0.262 e. The molecule has 0 radical (unpaired) electrons. The van der Waals surface area contributed by atoms with Crippen LogP contribution in [0.3, 0.4) is 0 Å². The Morgan fingerprint density at radius 3 is 2.75 bits per heavy atom. The van der Waals surface area contributed by atoms with Crippen molar-refractivity contribution in [1.29, 1.82) is 0 Å². The first-order valence-electron chi connectivity index (χ1n) is 5.63. The van der Waals surface area contributed by atoms with E-state index in [0.717, 1.165) is 14.6 Å². The van der Waals surface area contributed by atoms with Gasteiger partial charge in [0.1, 0.15) is 11.5 Å². The van der Waals surface area contributed by atoms with Crippen LogP contribution in [-0.2, 0) is 11.4 Å². The monoisotopic (exact) mass is 406 g/mol. The molecule has 0 spiro atoms. The Balaban J connectivity index is 2.58. The molecule has 2 rings (SSSR count). The number of aliphatic hydroxyl groups excluding tert-OH is 1. The molecule has 2 aromatic rings. The van der Waals surface area contributed by atoms with Crippen molar-refractivity contribution in [3.8, 4) is 0 Å². The van der Waals surface area contributed by atoms with Gasteiger partial charge in [0.2, 0.25) is 0 Å². The third kappa shape index (κ3) is 2.66. The lowest BCUT2D eigenvalue weighted by Crippen LogP contribution is -2.27. The molecule has 1 amide bonds. The summed E-state index contributed by atoms with van der Waals surface area (Å²) in [5, 5.41) is 20.8. The number of halogens is 2. The van der Waals surface area contributed by atoms with Gasteiger partial charge in [0, 0.05) is 10.2 Å². The first kappa shape index (κ1) is 15.2. The fourth-order valence-corrected chi connectivity index (χ4v) is 3.04. The summed E-state index contributed by atoms with van der Waals surface area (Å²) in [4.78, 5) is 15.5. The first-order chi connectivity index (χ1) is 9.49. The molecule has 0 aliphatic heterocycles. The summed E-state index contributed by atoms with van der Waals surface area (Å²) in [6.07, 6.45) is 0. The minimum absolute atomic E-state index is 0.138. The molecule has 0 bridgehead atoms. The Morgan fingerprint density at radius 2 is 2.15 bits per heavy atom. The molecule has 0 aromatic carbocycles. The summed E-state index contributed by atoms with van der Waals surface area (Å²) in [5.41, 5.74) is 3.44. The van der Waals surface area contributed by atoms with E-state index in [2.05, 4.69) is 42.2 Å². The zero-order chi connectivity index (χ0) is 14.9. The summed E-state index contributed by atoms with van der Waals surface area (Å²) >= 11 is 6.85. The van der Waals surface area contributed by atoms with Crippen LogP contribution in [0.1, 0.15) is 11.4 Å². The van der Waals surface area contributed by atoms with E-state index in [1.807, 2.05) is 13.0 Å². The molecule has 0 aliphatic carbocycles. The molecule has 0 saturated heterocycles. The highest BCUT2D eigenvalue weighted by molar-refractivity contribution is 9.11. The standard InChI is InChI=1S/C11H12Br2N4O3/c1-5-6(12)2-7(13)10-15-8(4-18)11(17(5)10)14-3-9(19)16-20/h2,14,18,20H,3-4H2,1H3,(H,16,19). The van der Waals surface area contributed by atoms with E-state index in [1.54, 1.807) is 4.40 Å². The number of hydrogen-bond acceptors (Lipinski definition) is 5. The number of hydroxylamine groups is 1. The van der Waals surface area contributed by atoms with Crippen LogP contribution in [0.15, 0.2) is 15.0 Å². The SMILES string of the molecule is Cc1c(Br)cc(Br)c2nc(CO)c(NCC(=O)NO)n12. The molecule has 7 nitrogen and oxygen atoms in total. The second kappa shape index (κ2) is 6.08. The van der Waals surface area contributed by atoms with Crippen LogP contribution in [0, 0.1) is 6.92 Å².